The summed E-state index contributed by atoms with van der Waals surface area (Å²) in [4.78, 5) is 0. The van der Waals surface area contributed by atoms with E-state index < -0.39 is 0 Å². The van der Waals surface area contributed by atoms with Crippen molar-refractivity contribution in [1.29, 1.82) is 0 Å². The average Bonchev–Trinajstić information content (AvgIpc) is 3.15. The van der Waals surface area contributed by atoms with Crippen LogP contribution in [0.4, 0.5) is 0 Å². The van der Waals surface area contributed by atoms with Gasteiger partial charge < -0.3 is 4.42 Å². The first-order valence-corrected chi connectivity index (χ1v) is 7.51. The fourth-order valence-corrected chi connectivity index (χ4v) is 3.32. The highest BCUT2D eigenvalue weighted by molar-refractivity contribution is 5.84. The normalized spacial score (nSPS) is 12.4. The highest BCUT2D eigenvalue weighted by Crippen LogP contribution is 2.38. The summed E-state index contributed by atoms with van der Waals surface area (Å²) in [5, 5.41) is 1.13. The fourth-order valence-electron chi connectivity index (χ4n) is 3.32. The first-order valence-electron chi connectivity index (χ1n) is 7.51. The minimum absolute atomic E-state index is 0.889. The molecule has 0 spiro atoms. The summed E-state index contributed by atoms with van der Waals surface area (Å²) in [6.07, 6.45) is 0.958. The second-order valence-electron chi connectivity index (χ2n) is 5.75. The van der Waals surface area contributed by atoms with E-state index in [2.05, 4.69) is 54.6 Å². The van der Waals surface area contributed by atoms with Crippen LogP contribution >= 0.6 is 0 Å². The third-order valence-electron chi connectivity index (χ3n) is 4.39. The summed E-state index contributed by atoms with van der Waals surface area (Å²) in [5.74, 6) is 0.889. The van der Waals surface area contributed by atoms with E-state index in [0.717, 1.165) is 28.7 Å². The largest absolute Gasteiger partial charge is 0.456 e. The number of furan rings is 1. The van der Waals surface area contributed by atoms with Crippen molar-refractivity contribution in [3.05, 3.63) is 83.9 Å². The molecule has 3 aromatic carbocycles. The van der Waals surface area contributed by atoms with Crippen molar-refractivity contribution in [3.63, 3.8) is 0 Å². The van der Waals surface area contributed by atoms with Gasteiger partial charge in [-0.3, -0.25) is 0 Å². The summed E-state index contributed by atoms with van der Waals surface area (Å²) >= 11 is 0. The Morgan fingerprint density at radius 2 is 1.68 bits per heavy atom. The van der Waals surface area contributed by atoms with Crippen molar-refractivity contribution < 1.29 is 4.42 Å². The molecule has 1 radical (unpaired) electrons. The number of benzene rings is 3. The molecular weight excluding hydrogens is 268 g/mol. The number of rotatable bonds is 1. The SMILES string of the molecule is [c]1c(-c2cc3ccccc3o2)ccc2c1Cc1ccccc1-2. The molecule has 0 saturated heterocycles. The lowest BCUT2D eigenvalue weighted by Gasteiger charge is -2.02. The highest BCUT2D eigenvalue weighted by Gasteiger charge is 2.19. The standard InChI is InChI=1S/C21H13O/c1-3-7-18-14(5-1)11-17-12-16(9-10-19(17)18)21-13-15-6-2-4-8-20(15)22-21/h1-10,13H,11H2. The molecule has 22 heavy (non-hydrogen) atoms. The molecule has 0 bridgehead atoms. The van der Waals surface area contributed by atoms with Crippen molar-refractivity contribution in [1.82, 2.24) is 0 Å². The van der Waals surface area contributed by atoms with Crippen molar-refractivity contribution in [2.45, 2.75) is 6.42 Å². The Labute approximate surface area is 128 Å². The van der Waals surface area contributed by atoms with Crippen LogP contribution in [0.25, 0.3) is 33.4 Å². The van der Waals surface area contributed by atoms with Crippen LogP contribution in [0, 0.1) is 6.07 Å². The topological polar surface area (TPSA) is 13.1 Å². The summed E-state index contributed by atoms with van der Waals surface area (Å²) < 4.78 is 5.96. The molecule has 1 aliphatic rings. The molecule has 0 unspecified atom stereocenters. The minimum atomic E-state index is 0.889. The number of para-hydroxylation sites is 1. The molecule has 1 aromatic heterocycles. The van der Waals surface area contributed by atoms with E-state index in [4.69, 9.17) is 4.42 Å². The predicted octanol–water partition coefficient (Wildman–Crippen LogP) is 5.47. The van der Waals surface area contributed by atoms with Crippen molar-refractivity contribution in [2.75, 3.05) is 0 Å². The van der Waals surface area contributed by atoms with E-state index in [1.165, 1.54) is 22.3 Å². The van der Waals surface area contributed by atoms with Gasteiger partial charge >= 0.3 is 0 Å². The second-order valence-corrected chi connectivity index (χ2v) is 5.75. The fraction of sp³-hybridized carbons (Fsp3) is 0.0476. The molecule has 1 aliphatic carbocycles. The van der Waals surface area contributed by atoms with Crippen LogP contribution in [-0.2, 0) is 6.42 Å². The number of hydrogen-bond acceptors (Lipinski definition) is 1. The van der Waals surface area contributed by atoms with Gasteiger partial charge in [-0.05, 0) is 52.9 Å². The molecule has 0 N–H and O–H groups in total. The van der Waals surface area contributed by atoms with Crippen LogP contribution in [0.2, 0.25) is 0 Å². The summed E-state index contributed by atoms with van der Waals surface area (Å²) in [5.41, 5.74) is 7.24. The molecule has 1 heteroatoms. The van der Waals surface area contributed by atoms with Gasteiger partial charge in [-0.1, -0.05) is 48.5 Å². The van der Waals surface area contributed by atoms with Gasteiger partial charge in [-0.15, -0.1) is 0 Å². The maximum Gasteiger partial charge on any atom is 0.136 e. The quantitative estimate of drug-likeness (QED) is 0.397. The van der Waals surface area contributed by atoms with Gasteiger partial charge in [0.1, 0.15) is 11.3 Å². The Hall–Kier alpha value is -2.80. The van der Waals surface area contributed by atoms with Crippen LogP contribution in [0.3, 0.4) is 0 Å². The smallest absolute Gasteiger partial charge is 0.136 e. The van der Waals surface area contributed by atoms with E-state index in [9.17, 15) is 0 Å². The highest BCUT2D eigenvalue weighted by atomic mass is 16.3. The van der Waals surface area contributed by atoms with Crippen molar-refractivity contribution >= 4 is 11.0 Å². The molecule has 0 aliphatic heterocycles. The third-order valence-corrected chi connectivity index (χ3v) is 4.39. The average molecular weight is 281 g/mol. The Balaban J connectivity index is 1.64. The molecule has 0 fully saturated rings. The van der Waals surface area contributed by atoms with Crippen LogP contribution in [0.1, 0.15) is 11.1 Å². The predicted molar refractivity (Wildman–Crippen MR) is 88.7 cm³/mol. The Morgan fingerprint density at radius 1 is 0.818 bits per heavy atom. The van der Waals surface area contributed by atoms with Gasteiger partial charge in [0.15, 0.2) is 0 Å². The molecule has 103 valence electrons. The van der Waals surface area contributed by atoms with E-state index in [0.29, 0.717) is 0 Å². The Morgan fingerprint density at radius 3 is 2.64 bits per heavy atom. The van der Waals surface area contributed by atoms with E-state index in [-0.39, 0.29) is 0 Å². The molecule has 1 heterocycles. The first kappa shape index (κ1) is 11.8. The van der Waals surface area contributed by atoms with Crippen molar-refractivity contribution in [3.8, 4) is 22.5 Å². The molecule has 5 rings (SSSR count). The molecule has 1 nitrogen and oxygen atoms in total. The van der Waals surface area contributed by atoms with E-state index in [1.807, 2.05) is 18.2 Å². The van der Waals surface area contributed by atoms with E-state index >= 15 is 0 Å². The van der Waals surface area contributed by atoms with Gasteiger partial charge in [0.05, 0.1) is 0 Å². The second kappa shape index (κ2) is 4.35. The molecule has 4 aromatic rings. The van der Waals surface area contributed by atoms with Gasteiger partial charge in [0.2, 0.25) is 0 Å². The van der Waals surface area contributed by atoms with Crippen LogP contribution in [0.5, 0.6) is 0 Å². The number of fused-ring (bicyclic) bond motifs is 4. The molecule has 0 saturated carbocycles. The zero-order chi connectivity index (χ0) is 14.5. The Kier molecular flexibility index (Phi) is 2.33. The maximum atomic E-state index is 5.96. The maximum absolute atomic E-state index is 5.96. The summed E-state index contributed by atoms with van der Waals surface area (Å²) in [6, 6.07) is 26.6. The Bertz CT molecular complexity index is 974. The van der Waals surface area contributed by atoms with Crippen LogP contribution < -0.4 is 0 Å². The van der Waals surface area contributed by atoms with Gasteiger partial charge in [0, 0.05) is 10.9 Å². The van der Waals surface area contributed by atoms with Gasteiger partial charge in [-0.2, -0.15) is 0 Å². The van der Waals surface area contributed by atoms with Gasteiger partial charge in [-0.25, -0.2) is 0 Å². The van der Waals surface area contributed by atoms with Crippen LogP contribution in [0.15, 0.2) is 71.1 Å². The van der Waals surface area contributed by atoms with Crippen LogP contribution in [-0.4, -0.2) is 0 Å². The third kappa shape index (κ3) is 1.66. The zero-order valence-electron chi connectivity index (χ0n) is 12.0. The molecular formula is C21H13O. The van der Waals surface area contributed by atoms with E-state index in [1.54, 1.807) is 0 Å². The minimum Gasteiger partial charge on any atom is -0.456 e. The molecule has 0 atom stereocenters. The molecule has 0 amide bonds. The number of hydrogen-bond donors (Lipinski definition) is 0. The summed E-state index contributed by atoms with van der Waals surface area (Å²) in [7, 11) is 0. The van der Waals surface area contributed by atoms with Crippen molar-refractivity contribution in [2.24, 2.45) is 0 Å². The zero-order valence-corrected chi connectivity index (χ0v) is 12.0. The summed E-state index contributed by atoms with van der Waals surface area (Å²) in [6.45, 7) is 0. The lowest BCUT2D eigenvalue weighted by atomic mass is 10.0. The lowest BCUT2D eigenvalue weighted by Crippen LogP contribution is -1.83. The lowest BCUT2D eigenvalue weighted by molar-refractivity contribution is 0.631. The van der Waals surface area contributed by atoms with Gasteiger partial charge in [0.25, 0.3) is 0 Å². The first-order chi connectivity index (χ1) is 10.9. The monoisotopic (exact) mass is 281 g/mol.